The van der Waals surface area contributed by atoms with Crippen molar-refractivity contribution in [3.05, 3.63) is 96.1 Å². The van der Waals surface area contributed by atoms with Crippen LogP contribution in [0.1, 0.15) is 29.2 Å². The Morgan fingerprint density at radius 1 is 0.633 bits per heavy atom. The number of nitrogens with one attached hydrogen (secondary N) is 6. The molecule has 0 aliphatic carbocycles. The van der Waals surface area contributed by atoms with E-state index in [2.05, 4.69) is 50.0 Å². The summed E-state index contributed by atoms with van der Waals surface area (Å²) >= 11 is 3.33. The molecule has 0 fully saturated rings. The van der Waals surface area contributed by atoms with Crippen molar-refractivity contribution >= 4 is 55.5 Å². The molecule has 0 aliphatic heterocycles. The molecule has 4 rings (SSSR count). The first-order valence-electron chi connectivity index (χ1n) is 15.5. The van der Waals surface area contributed by atoms with E-state index in [1.807, 2.05) is 13.8 Å². The minimum atomic E-state index is -3.96. The monoisotopic (exact) mass is 746 g/mol. The number of aromatic nitrogens is 4. The Balaban J connectivity index is 1.32. The number of hydrogen-bond donors (Lipinski definition) is 6. The van der Waals surface area contributed by atoms with Crippen molar-refractivity contribution in [2.45, 2.75) is 41.6 Å². The van der Waals surface area contributed by atoms with Crippen molar-refractivity contribution in [1.82, 2.24) is 41.2 Å². The normalized spacial score (nSPS) is 12.5. The Hall–Kier alpha value is -4.00. The van der Waals surface area contributed by atoms with Gasteiger partial charge in [-0.2, -0.15) is 40.4 Å². The molecule has 0 amide bonds. The van der Waals surface area contributed by atoms with E-state index in [9.17, 15) is 16.8 Å². The molecular formula is C31H42N10O4S4. The first kappa shape index (κ1) is 37.8. The Morgan fingerprint density at radius 2 is 1.02 bits per heavy atom. The smallest absolute Gasteiger partial charge is 0.285 e. The van der Waals surface area contributed by atoms with Gasteiger partial charge in [0.25, 0.3) is 20.0 Å². The largest absolute Gasteiger partial charge is 0.355 e. The summed E-state index contributed by atoms with van der Waals surface area (Å²) < 4.78 is 60.1. The SMILES string of the molecule is Cc1[nH]cnc1CSCCNC(=NS(=O)(=O)c1ccccc1)NCCCNC(=NS(=O)(=O)c1ccccc1)NCCSCc1nc[nH]c1C. The fourth-order valence-electron chi connectivity index (χ4n) is 4.17. The molecule has 2 aromatic carbocycles. The summed E-state index contributed by atoms with van der Waals surface area (Å²) in [6.07, 6.45) is 3.83. The van der Waals surface area contributed by atoms with Gasteiger partial charge in [0.05, 0.1) is 33.8 Å². The van der Waals surface area contributed by atoms with Crippen LogP contribution in [0.15, 0.2) is 91.9 Å². The number of sulfonamides is 2. The van der Waals surface area contributed by atoms with Crippen LogP contribution in [0.25, 0.3) is 0 Å². The van der Waals surface area contributed by atoms with E-state index in [-0.39, 0.29) is 21.7 Å². The predicted octanol–water partition coefficient (Wildman–Crippen LogP) is 3.15. The molecule has 0 saturated carbocycles. The second-order valence-electron chi connectivity index (χ2n) is 10.6. The number of H-pyrrole nitrogens is 2. The van der Waals surface area contributed by atoms with Crippen LogP contribution in [0.5, 0.6) is 0 Å². The fraction of sp³-hybridized carbons (Fsp3) is 0.355. The lowest BCUT2D eigenvalue weighted by atomic mass is 10.4. The minimum Gasteiger partial charge on any atom is -0.355 e. The van der Waals surface area contributed by atoms with Crippen LogP contribution in [0.4, 0.5) is 0 Å². The number of imidazole rings is 2. The first-order valence-corrected chi connectivity index (χ1v) is 20.7. The van der Waals surface area contributed by atoms with Gasteiger partial charge in [-0.15, -0.1) is 8.80 Å². The van der Waals surface area contributed by atoms with E-state index in [0.717, 1.165) is 34.3 Å². The zero-order valence-corrected chi connectivity index (χ0v) is 30.6. The van der Waals surface area contributed by atoms with E-state index in [1.54, 1.807) is 72.6 Å². The third-order valence-electron chi connectivity index (χ3n) is 6.87. The van der Waals surface area contributed by atoms with Crippen LogP contribution in [0.3, 0.4) is 0 Å². The highest BCUT2D eigenvalue weighted by molar-refractivity contribution is 7.98. The maximum Gasteiger partial charge on any atom is 0.285 e. The molecule has 0 saturated heterocycles. The number of benzene rings is 2. The summed E-state index contributed by atoms with van der Waals surface area (Å²) in [7, 11) is -7.91. The number of aryl methyl sites for hydroxylation is 2. The van der Waals surface area contributed by atoms with E-state index >= 15 is 0 Å². The predicted molar refractivity (Wildman–Crippen MR) is 198 cm³/mol. The lowest BCUT2D eigenvalue weighted by Crippen LogP contribution is -2.42. The second-order valence-corrected chi connectivity index (χ2v) is 16.0. The topological polar surface area (TPSA) is 198 Å². The Kier molecular flexibility index (Phi) is 14.9. The maximum absolute atomic E-state index is 13.0. The third-order valence-corrected chi connectivity index (χ3v) is 11.4. The maximum atomic E-state index is 13.0. The number of aromatic amines is 2. The van der Waals surface area contributed by atoms with Gasteiger partial charge in [-0.05, 0) is 44.5 Å². The third kappa shape index (κ3) is 12.8. The molecular weight excluding hydrogens is 705 g/mol. The van der Waals surface area contributed by atoms with Crippen LogP contribution in [0, 0.1) is 13.8 Å². The van der Waals surface area contributed by atoms with Gasteiger partial charge >= 0.3 is 0 Å². The van der Waals surface area contributed by atoms with Crippen molar-refractivity contribution in [2.75, 3.05) is 37.7 Å². The zero-order valence-electron chi connectivity index (χ0n) is 27.3. The molecule has 0 unspecified atom stereocenters. The second kappa shape index (κ2) is 19.3. The molecule has 49 heavy (non-hydrogen) atoms. The van der Waals surface area contributed by atoms with Crippen molar-refractivity contribution in [2.24, 2.45) is 8.80 Å². The van der Waals surface area contributed by atoms with E-state index in [4.69, 9.17) is 0 Å². The number of guanidine groups is 2. The van der Waals surface area contributed by atoms with Gasteiger partial charge in [0.15, 0.2) is 0 Å². The fourth-order valence-corrected chi connectivity index (χ4v) is 7.88. The van der Waals surface area contributed by atoms with E-state index < -0.39 is 20.0 Å². The standard InChI is InChI=1S/C31H42N10O4S4/c1-24-28(38-22-36-24)20-46-18-16-34-30(40-48(42,43)26-10-5-3-6-11-26)32-14-9-15-33-31(41-49(44,45)27-12-7-4-8-13-27)35-17-19-47-21-29-25(2)37-23-39-29/h3-8,10-13,22-23H,9,14-21H2,1-2H3,(H,36,38)(H,37,39)(H2,32,34,40)(H2,33,35,41). The van der Waals surface area contributed by atoms with Gasteiger partial charge in [-0.1, -0.05) is 36.4 Å². The van der Waals surface area contributed by atoms with E-state index in [0.29, 0.717) is 44.1 Å². The molecule has 2 heterocycles. The van der Waals surface area contributed by atoms with Crippen LogP contribution < -0.4 is 21.3 Å². The average Bonchev–Trinajstić information content (AvgIpc) is 3.70. The molecule has 2 aromatic heterocycles. The van der Waals surface area contributed by atoms with Crippen LogP contribution in [-0.2, 0) is 31.6 Å². The lowest BCUT2D eigenvalue weighted by Gasteiger charge is -2.14. The van der Waals surface area contributed by atoms with Gasteiger partial charge in [0, 0.05) is 60.6 Å². The highest BCUT2D eigenvalue weighted by Crippen LogP contribution is 2.14. The lowest BCUT2D eigenvalue weighted by molar-refractivity contribution is 0.595. The average molecular weight is 747 g/mol. The summed E-state index contributed by atoms with van der Waals surface area (Å²) in [5.74, 6) is 3.10. The molecule has 0 bridgehead atoms. The van der Waals surface area contributed by atoms with Crippen LogP contribution >= 0.6 is 23.5 Å². The van der Waals surface area contributed by atoms with E-state index in [1.165, 1.54) is 24.3 Å². The van der Waals surface area contributed by atoms with Gasteiger partial charge < -0.3 is 31.2 Å². The number of hydrogen-bond acceptors (Lipinski definition) is 8. The van der Waals surface area contributed by atoms with Crippen molar-refractivity contribution in [3.63, 3.8) is 0 Å². The number of rotatable bonds is 18. The zero-order chi connectivity index (χ0) is 35.0. The molecule has 0 spiro atoms. The highest BCUT2D eigenvalue weighted by atomic mass is 32.2. The van der Waals surface area contributed by atoms with Crippen molar-refractivity contribution in [1.29, 1.82) is 0 Å². The quantitative estimate of drug-likeness (QED) is 0.0495. The number of thioether (sulfide) groups is 2. The summed E-state index contributed by atoms with van der Waals surface area (Å²) in [5.41, 5.74) is 4.00. The summed E-state index contributed by atoms with van der Waals surface area (Å²) in [5, 5.41) is 12.4. The van der Waals surface area contributed by atoms with Gasteiger partial charge in [-0.3, -0.25) is 0 Å². The molecule has 0 atom stereocenters. The Morgan fingerprint density at radius 3 is 1.39 bits per heavy atom. The molecule has 4 aromatic rings. The highest BCUT2D eigenvalue weighted by Gasteiger charge is 2.16. The van der Waals surface area contributed by atoms with Gasteiger partial charge in [0.1, 0.15) is 0 Å². The van der Waals surface area contributed by atoms with Crippen molar-refractivity contribution < 1.29 is 16.8 Å². The molecule has 0 radical (unpaired) electrons. The first-order chi connectivity index (χ1) is 23.6. The van der Waals surface area contributed by atoms with Crippen LogP contribution in [0.2, 0.25) is 0 Å². The summed E-state index contributed by atoms with van der Waals surface area (Å²) in [4.78, 5) is 14.9. The Bertz CT molecular complexity index is 1730. The number of nitrogens with zero attached hydrogens (tertiary/aromatic N) is 4. The molecule has 264 valence electrons. The van der Waals surface area contributed by atoms with Gasteiger partial charge in [-0.25, -0.2) is 9.97 Å². The molecule has 14 nitrogen and oxygen atoms in total. The van der Waals surface area contributed by atoms with Crippen molar-refractivity contribution in [3.8, 4) is 0 Å². The van der Waals surface area contributed by atoms with Gasteiger partial charge in [0.2, 0.25) is 11.9 Å². The molecule has 18 heteroatoms. The van der Waals surface area contributed by atoms with Crippen LogP contribution in [-0.4, -0.2) is 86.4 Å². The minimum absolute atomic E-state index is 0.0883. The Labute approximate surface area is 296 Å². The summed E-state index contributed by atoms with van der Waals surface area (Å²) in [6.45, 7) is 5.57. The summed E-state index contributed by atoms with van der Waals surface area (Å²) in [6, 6.07) is 16.0. The molecule has 6 N–H and O–H groups in total. The molecule has 0 aliphatic rings.